The van der Waals surface area contributed by atoms with Crippen molar-refractivity contribution in [3.63, 3.8) is 0 Å². The first-order valence-corrected chi connectivity index (χ1v) is 6.82. The molecule has 98 valence electrons. The Bertz CT molecular complexity index is 170. The minimum absolute atomic E-state index is 0.184. The maximum absolute atomic E-state index is 9.80. The molecule has 0 saturated carbocycles. The Labute approximate surface area is 102 Å². The molecule has 0 radical (unpaired) electrons. The molecule has 0 spiro atoms. The van der Waals surface area contributed by atoms with Gasteiger partial charge in [0.15, 0.2) is 0 Å². The Kier molecular flexibility index (Phi) is 7.25. The van der Waals surface area contributed by atoms with E-state index in [-0.39, 0.29) is 5.41 Å². The van der Waals surface area contributed by atoms with Gasteiger partial charge < -0.3 is 10.8 Å². The third kappa shape index (κ3) is 6.49. The van der Waals surface area contributed by atoms with Crippen molar-refractivity contribution < 1.29 is 5.11 Å². The summed E-state index contributed by atoms with van der Waals surface area (Å²) in [7, 11) is 0. The van der Waals surface area contributed by atoms with Crippen LogP contribution in [0.3, 0.4) is 0 Å². The van der Waals surface area contributed by atoms with Gasteiger partial charge in [-0.05, 0) is 13.3 Å². The van der Waals surface area contributed by atoms with Crippen LogP contribution in [0.5, 0.6) is 0 Å². The maximum atomic E-state index is 9.80. The van der Waals surface area contributed by atoms with Crippen LogP contribution in [0.25, 0.3) is 0 Å². The van der Waals surface area contributed by atoms with E-state index in [9.17, 15) is 5.11 Å². The first kappa shape index (κ1) is 15.9. The highest BCUT2D eigenvalue weighted by atomic mass is 16.3. The Morgan fingerprint density at radius 2 is 1.31 bits per heavy atom. The van der Waals surface area contributed by atoms with Crippen molar-refractivity contribution in [2.75, 3.05) is 0 Å². The van der Waals surface area contributed by atoms with Gasteiger partial charge in [-0.1, -0.05) is 65.7 Å². The largest absolute Gasteiger partial charge is 0.376 e. The lowest BCUT2D eigenvalue weighted by atomic mass is 9.78. The normalized spacial score (nSPS) is 16.1. The lowest BCUT2D eigenvalue weighted by Gasteiger charge is -2.37. The Hall–Kier alpha value is -0.0800. The van der Waals surface area contributed by atoms with Crippen LogP contribution in [0.1, 0.15) is 79.1 Å². The fourth-order valence-electron chi connectivity index (χ4n) is 1.78. The molecule has 2 nitrogen and oxygen atoms in total. The second-order valence-corrected chi connectivity index (χ2v) is 5.90. The molecule has 0 fully saturated rings. The average molecular weight is 229 g/mol. The summed E-state index contributed by atoms with van der Waals surface area (Å²) >= 11 is 0. The summed E-state index contributed by atoms with van der Waals surface area (Å²) in [5.41, 5.74) is 4.50. The van der Waals surface area contributed by atoms with Gasteiger partial charge in [0.25, 0.3) is 0 Å². The molecule has 0 aliphatic rings. The SMILES string of the molecule is CCCCCCCCCC(C)(C)C(C)(N)O. The van der Waals surface area contributed by atoms with Gasteiger partial charge in [0.1, 0.15) is 5.72 Å². The summed E-state index contributed by atoms with van der Waals surface area (Å²) in [4.78, 5) is 0. The van der Waals surface area contributed by atoms with E-state index in [4.69, 9.17) is 5.73 Å². The van der Waals surface area contributed by atoms with E-state index in [1.165, 1.54) is 44.9 Å². The van der Waals surface area contributed by atoms with E-state index in [2.05, 4.69) is 6.92 Å². The first-order chi connectivity index (χ1) is 7.31. The maximum Gasteiger partial charge on any atom is 0.115 e. The van der Waals surface area contributed by atoms with Crippen molar-refractivity contribution in [3.05, 3.63) is 0 Å². The molecule has 0 aromatic rings. The molecule has 0 aromatic heterocycles. The number of hydrogen-bond donors (Lipinski definition) is 2. The van der Waals surface area contributed by atoms with E-state index in [0.717, 1.165) is 6.42 Å². The molecule has 0 heterocycles. The topological polar surface area (TPSA) is 46.2 Å². The summed E-state index contributed by atoms with van der Waals surface area (Å²) in [6.45, 7) is 8.04. The molecule has 0 bridgehead atoms. The summed E-state index contributed by atoms with van der Waals surface area (Å²) in [5.74, 6) is 0. The van der Waals surface area contributed by atoms with E-state index in [1.54, 1.807) is 6.92 Å². The molecular formula is C14H31NO. The standard InChI is InChI=1S/C14H31NO/c1-5-6-7-8-9-10-11-12-13(2,3)14(4,15)16/h16H,5-12,15H2,1-4H3. The van der Waals surface area contributed by atoms with Crippen molar-refractivity contribution in [3.8, 4) is 0 Å². The van der Waals surface area contributed by atoms with Crippen LogP contribution in [-0.2, 0) is 0 Å². The second-order valence-electron chi connectivity index (χ2n) is 5.90. The molecule has 0 aromatic carbocycles. The molecule has 0 aliphatic heterocycles. The summed E-state index contributed by atoms with van der Waals surface area (Å²) in [5, 5.41) is 9.80. The fraction of sp³-hybridized carbons (Fsp3) is 1.00. The van der Waals surface area contributed by atoms with Crippen LogP contribution >= 0.6 is 0 Å². The van der Waals surface area contributed by atoms with Crippen LogP contribution in [0.4, 0.5) is 0 Å². The highest BCUT2D eigenvalue weighted by molar-refractivity contribution is 4.84. The lowest BCUT2D eigenvalue weighted by molar-refractivity contribution is -0.0514. The molecule has 2 heteroatoms. The van der Waals surface area contributed by atoms with Gasteiger partial charge >= 0.3 is 0 Å². The summed E-state index contributed by atoms with van der Waals surface area (Å²) in [6.07, 6.45) is 10.2. The van der Waals surface area contributed by atoms with Gasteiger partial charge in [-0.3, -0.25) is 0 Å². The van der Waals surface area contributed by atoms with Crippen molar-refractivity contribution in [1.29, 1.82) is 0 Å². The van der Waals surface area contributed by atoms with E-state index in [0.29, 0.717) is 0 Å². The molecule has 16 heavy (non-hydrogen) atoms. The van der Waals surface area contributed by atoms with Crippen LogP contribution in [-0.4, -0.2) is 10.8 Å². The minimum atomic E-state index is -1.06. The van der Waals surface area contributed by atoms with Crippen LogP contribution < -0.4 is 5.73 Å². The fourth-order valence-corrected chi connectivity index (χ4v) is 1.78. The van der Waals surface area contributed by atoms with Gasteiger partial charge in [0, 0.05) is 5.41 Å². The summed E-state index contributed by atoms with van der Waals surface area (Å²) < 4.78 is 0. The van der Waals surface area contributed by atoms with Gasteiger partial charge in [-0.15, -0.1) is 0 Å². The molecule has 0 amide bonds. The lowest BCUT2D eigenvalue weighted by Crippen LogP contribution is -2.49. The van der Waals surface area contributed by atoms with Crippen molar-refractivity contribution >= 4 is 0 Å². The molecule has 1 unspecified atom stereocenters. The van der Waals surface area contributed by atoms with Gasteiger partial charge in [0.2, 0.25) is 0 Å². The van der Waals surface area contributed by atoms with E-state index >= 15 is 0 Å². The number of hydrogen-bond acceptors (Lipinski definition) is 2. The molecule has 0 aliphatic carbocycles. The molecule has 3 N–H and O–H groups in total. The zero-order chi connectivity index (χ0) is 12.7. The van der Waals surface area contributed by atoms with Gasteiger partial charge in [0.05, 0.1) is 0 Å². The zero-order valence-electron chi connectivity index (χ0n) is 11.7. The number of aliphatic hydroxyl groups is 1. The van der Waals surface area contributed by atoms with Crippen molar-refractivity contribution in [2.24, 2.45) is 11.1 Å². The smallest absolute Gasteiger partial charge is 0.115 e. The monoisotopic (exact) mass is 229 g/mol. The van der Waals surface area contributed by atoms with Gasteiger partial charge in [-0.2, -0.15) is 0 Å². The van der Waals surface area contributed by atoms with Crippen molar-refractivity contribution in [1.82, 2.24) is 0 Å². The number of unbranched alkanes of at least 4 members (excludes halogenated alkanes) is 6. The quantitative estimate of drug-likeness (QED) is 0.466. The zero-order valence-corrected chi connectivity index (χ0v) is 11.7. The average Bonchev–Trinajstić information content (AvgIpc) is 2.14. The van der Waals surface area contributed by atoms with Crippen LogP contribution in [0.2, 0.25) is 0 Å². The Morgan fingerprint density at radius 3 is 1.75 bits per heavy atom. The molecule has 1 atom stereocenters. The highest BCUT2D eigenvalue weighted by Gasteiger charge is 2.34. The molecular weight excluding hydrogens is 198 g/mol. The Balaban J connectivity index is 3.51. The molecule has 0 rings (SSSR count). The van der Waals surface area contributed by atoms with E-state index in [1.807, 2.05) is 13.8 Å². The third-order valence-electron chi connectivity index (χ3n) is 3.78. The van der Waals surface area contributed by atoms with Crippen LogP contribution in [0.15, 0.2) is 0 Å². The highest BCUT2D eigenvalue weighted by Crippen LogP contribution is 2.32. The first-order valence-electron chi connectivity index (χ1n) is 6.82. The minimum Gasteiger partial charge on any atom is -0.376 e. The number of rotatable bonds is 9. The van der Waals surface area contributed by atoms with E-state index < -0.39 is 5.72 Å². The van der Waals surface area contributed by atoms with Crippen molar-refractivity contribution in [2.45, 2.75) is 84.8 Å². The predicted octanol–water partition coefficient (Wildman–Crippen LogP) is 3.82. The molecule has 0 saturated heterocycles. The summed E-state index contributed by atoms with van der Waals surface area (Å²) in [6, 6.07) is 0. The predicted molar refractivity (Wildman–Crippen MR) is 71.2 cm³/mol. The number of nitrogens with two attached hydrogens (primary N) is 1. The Morgan fingerprint density at radius 1 is 0.875 bits per heavy atom. The van der Waals surface area contributed by atoms with Gasteiger partial charge in [-0.25, -0.2) is 0 Å². The van der Waals surface area contributed by atoms with Crippen LogP contribution in [0, 0.1) is 5.41 Å². The third-order valence-corrected chi connectivity index (χ3v) is 3.78. The second kappa shape index (κ2) is 7.29.